The van der Waals surface area contributed by atoms with Gasteiger partial charge in [0.15, 0.2) is 11.2 Å². The summed E-state index contributed by atoms with van der Waals surface area (Å²) >= 11 is 1.20. The average molecular weight is 430 g/mol. The van der Waals surface area contributed by atoms with Gasteiger partial charge >= 0.3 is 0 Å². The van der Waals surface area contributed by atoms with E-state index in [1.807, 2.05) is 31.2 Å². The number of nitrogens with zero attached hydrogens (tertiary/aromatic N) is 2. The number of hydrogen-bond donors (Lipinski definition) is 1. The van der Waals surface area contributed by atoms with Crippen molar-refractivity contribution in [2.45, 2.75) is 24.3 Å². The molecule has 2 heterocycles. The second kappa shape index (κ2) is 7.84. The van der Waals surface area contributed by atoms with E-state index in [1.165, 1.54) is 29.7 Å². The fourth-order valence-corrected chi connectivity index (χ4v) is 4.91. The fourth-order valence-electron chi connectivity index (χ4n) is 3.13. The van der Waals surface area contributed by atoms with E-state index in [9.17, 15) is 13.2 Å². The standard InChI is InChI=1S/C20H19N3O4S2/c1-14-3-2-4-16(13-14)27-18-9-11-23(19(18)24)15-5-7-17(8-6-15)29(25,26)22-20-21-10-12-28-20/h2-8,10,12-13,18H,9,11H2,1H3,(H,21,22). The van der Waals surface area contributed by atoms with Gasteiger partial charge in [-0.25, -0.2) is 13.4 Å². The molecule has 7 nitrogen and oxygen atoms in total. The van der Waals surface area contributed by atoms with Gasteiger partial charge in [-0.15, -0.1) is 11.3 Å². The number of thiazole rings is 1. The van der Waals surface area contributed by atoms with Crippen LogP contribution in [0.3, 0.4) is 0 Å². The highest BCUT2D eigenvalue weighted by molar-refractivity contribution is 7.93. The molecule has 4 rings (SSSR count). The third kappa shape index (κ3) is 4.25. The van der Waals surface area contributed by atoms with E-state index in [4.69, 9.17) is 4.74 Å². The zero-order valence-corrected chi connectivity index (χ0v) is 17.2. The smallest absolute Gasteiger partial charge is 0.268 e. The molecule has 0 saturated carbocycles. The summed E-state index contributed by atoms with van der Waals surface area (Å²) in [4.78, 5) is 18.4. The topological polar surface area (TPSA) is 88.6 Å². The van der Waals surface area contributed by atoms with Crippen LogP contribution in [0.4, 0.5) is 10.8 Å². The Labute approximate surface area is 173 Å². The lowest BCUT2D eigenvalue weighted by atomic mass is 10.2. The van der Waals surface area contributed by atoms with E-state index in [0.29, 0.717) is 29.5 Å². The Morgan fingerprint density at radius 2 is 2.00 bits per heavy atom. The zero-order valence-electron chi connectivity index (χ0n) is 15.6. The van der Waals surface area contributed by atoms with Gasteiger partial charge < -0.3 is 9.64 Å². The molecule has 1 aromatic heterocycles. The number of carbonyl (C=O) groups is 1. The maximum absolute atomic E-state index is 12.8. The molecule has 1 aliphatic heterocycles. The van der Waals surface area contributed by atoms with Crippen molar-refractivity contribution >= 4 is 38.1 Å². The molecule has 0 aliphatic carbocycles. The predicted molar refractivity (Wildman–Crippen MR) is 112 cm³/mol. The molecule has 1 atom stereocenters. The summed E-state index contributed by atoms with van der Waals surface area (Å²) in [5, 5.41) is 2.00. The summed E-state index contributed by atoms with van der Waals surface area (Å²) in [6.45, 7) is 2.48. The second-order valence-electron chi connectivity index (χ2n) is 6.64. The Bertz CT molecular complexity index is 1110. The lowest BCUT2D eigenvalue weighted by Crippen LogP contribution is -2.32. The number of sulfonamides is 1. The summed E-state index contributed by atoms with van der Waals surface area (Å²) in [6.07, 6.45) is 1.55. The lowest BCUT2D eigenvalue weighted by molar-refractivity contribution is -0.122. The molecule has 150 valence electrons. The number of anilines is 2. The van der Waals surface area contributed by atoms with Crippen molar-refractivity contribution in [3.63, 3.8) is 0 Å². The highest BCUT2D eigenvalue weighted by Gasteiger charge is 2.34. The van der Waals surface area contributed by atoms with E-state index < -0.39 is 16.1 Å². The first kappa shape index (κ1) is 19.4. The number of benzene rings is 2. The van der Waals surface area contributed by atoms with E-state index in [2.05, 4.69) is 9.71 Å². The van der Waals surface area contributed by atoms with Crippen LogP contribution in [0.2, 0.25) is 0 Å². The molecule has 9 heteroatoms. The lowest BCUT2D eigenvalue weighted by Gasteiger charge is -2.18. The molecule has 0 bridgehead atoms. The molecule has 1 unspecified atom stereocenters. The molecule has 1 aliphatic rings. The quantitative estimate of drug-likeness (QED) is 0.648. The van der Waals surface area contributed by atoms with Crippen molar-refractivity contribution in [1.82, 2.24) is 4.98 Å². The molecule has 1 amide bonds. The van der Waals surface area contributed by atoms with Gasteiger partial charge in [0.05, 0.1) is 4.90 Å². The van der Waals surface area contributed by atoms with Gasteiger partial charge in [-0.1, -0.05) is 12.1 Å². The first-order valence-electron chi connectivity index (χ1n) is 8.99. The first-order chi connectivity index (χ1) is 13.9. The van der Waals surface area contributed by atoms with Gasteiger partial charge in [0.25, 0.3) is 15.9 Å². The Hall–Kier alpha value is -2.91. The highest BCUT2D eigenvalue weighted by atomic mass is 32.2. The summed E-state index contributed by atoms with van der Waals surface area (Å²) < 4.78 is 33.2. The fraction of sp³-hybridized carbons (Fsp3) is 0.200. The Balaban J connectivity index is 1.46. The first-order valence-corrected chi connectivity index (χ1v) is 11.4. The van der Waals surface area contributed by atoms with Crippen molar-refractivity contribution in [1.29, 1.82) is 0 Å². The third-order valence-corrected chi connectivity index (χ3v) is 6.71. The zero-order chi connectivity index (χ0) is 20.4. The molecular weight excluding hydrogens is 410 g/mol. The second-order valence-corrected chi connectivity index (χ2v) is 9.22. The number of ether oxygens (including phenoxy) is 1. The van der Waals surface area contributed by atoms with Gasteiger partial charge in [-0.05, 0) is 48.9 Å². The molecule has 29 heavy (non-hydrogen) atoms. The Morgan fingerprint density at radius 1 is 1.21 bits per heavy atom. The predicted octanol–water partition coefficient (Wildman–Crippen LogP) is 3.44. The molecule has 0 radical (unpaired) electrons. The molecule has 3 aromatic rings. The molecule has 2 aromatic carbocycles. The van der Waals surface area contributed by atoms with Crippen LogP contribution < -0.4 is 14.4 Å². The van der Waals surface area contributed by atoms with E-state index in [1.54, 1.807) is 22.4 Å². The average Bonchev–Trinajstić information content (AvgIpc) is 3.32. The summed E-state index contributed by atoms with van der Waals surface area (Å²) in [7, 11) is -3.72. The third-order valence-electron chi connectivity index (χ3n) is 4.54. The SMILES string of the molecule is Cc1cccc(OC2CCN(c3ccc(S(=O)(=O)Nc4nccs4)cc3)C2=O)c1. The molecule has 0 spiro atoms. The van der Waals surface area contributed by atoms with E-state index in [-0.39, 0.29) is 10.8 Å². The monoisotopic (exact) mass is 429 g/mol. The van der Waals surface area contributed by atoms with Crippen molar-refractivity contribution in [3.05, 3.63) is 65.7 Å². The van der Waals surface area contributed by atoms with Crippen molar-refractivity contribution < 1.29 is 17.9 Å². The summed E-state index contributed by atoms with van der Waals surface area (Å²) in [6, 6.07) is 13.8. The van der Waals surface area contributed by atoms with Crippen molar-refractivity contribution in [3.8, 4) is 5.75 Å². The number of hydrogen-bond acceptors (Lipinski definition) is 6. The summed E-state index contributed by atoms with van der Waals surface area (Å²) in [5.74, 6) is 0.530. The molecule has 1 N–H and O–H groups in total. The minimum absolute atomic E-state index is 0.107. The van der Waals surface area contributed by atoms with Gasteiger partial charge in [-0.2, -0.15) is 0 Å². The number of aryl methyl sites for hydroxylation is 1. The van der Waals surface area contributed by atoms with Crippen LogP contribution in [-0.2, 0) is 14.8 Å². The van der Waals surface area contributed by atoms with Crippen LogP contribution in [0.25, 0.3) is 0 Å². The van der Waals surface area contributed by atoms with Crippen LogP contribution >= 0.6 is 11.3 Å². The normalized spacial score (nSPS) is 16.8. The van der Waals surface area contributed by atoms with E-state index >= 15 is 0 Å². The number of aromatic nitrogens is 1. The molecule has 1 fully saturated rings. The van der Waals surface area contributed by atoms with Crippen molar-refractivity contribution in [2.24, 2.45) is 0 Å². The minimum Gasteiger partial charge on any atom is -0.481 e. The Kier molecular flexibility index (Phi) is 5.25. The van der Waals surface area contributed by atoms with Gasteiger partial charge in [0, 0.05) is 30.2 Å². The van der Waals surface area contributed by atoms with E-state index in [0.717, 1.165) is 5.56 Å². The summed E-state index contributed by atoms with van der Waals surface area (Å²) in [5.41, 5.74) is 1.70. The van der Waals surface area contributed by atoms with Crippen LogP contribution in [0.15, 0.2) is 65.0 Å². The number of rotatable bonds is 6. The van der Waals surface area contributed by atoms with Crippen LogP contribution in [0, 0.1) is 6.92 Å². The largest absolute Gasteiger partial charge is 0.481 e. The maximum Gasteiger partial charge on any atom is 0.268 e. The molecular formula is C20H19N3O4S2. The van der Waals surface area contributed by atoms with Gasteiger partial charge in [0.1, 0.15) is 5.75 Å². The molecule has 1 saturated heterocycles. The van der Waals surface area contributed by atoms with Crippen LogP contribution in [0.1, 0.15) is 12.0 Å². The van der Waals surface area contributed by atoms with Crippen molar-refractivity contribution in [2.75, 3.05) is 16.2 Å². The minimum atomic E-state index is -3.72. The number of nitrogens with one attached hydrogen (secondary N) is 1. The highest BCUT2D eigenvalue weighted by Crippen LogP contribution is 2.27. The van der Waals surface area contributed by atoms with Gasteiger partial charge in [0.2, 0.25) is 0 Å². The number of carbonyl (C=O) groups excluding carboxylic acids is 1. The van der Waals surface area contributed by atoms with Crippen LogP contribution in [-0.4, -0.2) is 32.0 Å². The van der Waals surface area contributed by atoms with Crippen LogP contribution in [0.5, 0.6) is 5.75 Å². The maximum atomic E-state index is 12.8. The number of amides is 1. The Morgan fingerprint density at radius 3 is 2.69 bits per heavy atom. The van der Waals surface area contributed by atoms with Gasteiger partial charge in [-0.3, -0.25) is 9.52 Å².